The number of unbranched alkanes of at least 4 members (excludes halogenated alkanes) is 1. The van der Waals surface area contributed by atoms with E-state index in [9.17, 15) is 4.79 Å². The average molecular weight is 304 g/mol. The lowest BCUT2D eigenvalue weighted by Gasteiger charge is -2.24. The zero-order valence-electron chi connectivity index (χ0n) is 13.5. The fraction of sp³-hybridized carbons (Fsp3) is 0.562. The summed E-state index contributed by atoms with van der Waals surface area (Å²) in [6, 6.07) is 9.68. The van der Waals surface area contributed by atoms with Crippen LogP contribution < -0.4 is 5.32 Å². The molecular formula is C16H24N4O2. The molecule has 0 aliphatic carbocycles. The standard InChI is InChI=1S/C16H24N4O2/c1-16(2,3)22-15(21)19-14(11-7-8-12-18-20-17)13-9-5-4-6-10-13/h4-6,9-10,14H,7-8,11-12H2,1-3H3,(H,19,21). The van der Waals surface area contributed by atoms with Crippen molar-refractivity contribution in [3.63, 3.8) is 0 Å². The van der Waals surface area contributed by atoms with E-state index in [1.54, 1.807) is 0 Å². The Morgan fingerprint density at radius 3 is 2.59 bits per heavy atom. The third-order valence-electron chi connectivity index (χ3n) is 2.96. The van der Waals surface area contributed by atoms with Gasteiger partial charge in [0, 0.05) is 11.5 Å². The smallest absolute Gasteiger partial charge is 0.408 e. The van der Waals surface area contributed by atoms with Gasteiger partial charge >= 0.3 is 6.09 Å². The number of alkyl carbamates (subject to hydrolysis) is 1. The molecule has 22 heavy (non-hydrogen) atoms. The fourth-order valence-corrected chi connectivity index (χ4v) is 2.03. The van der Waals surface area contributed by atoms with Crippen LogP contribution in [0.3, 0.4) is 0 Å². The molecule has 1 aromatic rings. The van der Waals surface area contributed by atoms with Crippen molar-refractivity contribution in [1.29, 1.82) is 0 Å². The van der Waals surface area contributed by atoms with Gasteiger partial charge in [0.2, 0.25) is 0 Å². The van der Waals surface area contributed by atoms with E-state index in [2.05, 4.69) is 15.3 Å². The molecule has 0 aromatic heterocycles. The van der Waals surface area contributed by atoms with Crippen molar-refractivity contribution in [2.45, 2.75) is 51.7 Å². The van der Waals surface area contributed by atoms with E-state index < -0.39 is 11.7 Å². The number of hydrogen-bond donors (Lipinski definition) is 1. The normalized spacial score (nSPS) is 12.1. The summed E-state index contributed by atoms with van der Waals surface area (Å²) in [5.41, 5.74) is 8.78. The number of carbonyl (C=O) groups is 1. The van der Waals surface area contributed by atoms with Crippen LogP contribution in [0, 0.1) is 0 Å². The molecule has 0 heterocycles. The predicted molar refractivity (Wildman–Crippen MR) is 86.4 cm³/mol. The van der Waals surface area contributed by atoms with E-state index >= 15 is 0 Å². The van der Waals surface area contributed by atoms with Crippen molar-refractivity contribution in [1.82, 2.24) is 5.32 Å². The topological polar surface area (TPSA) is 87.1 Å². The average Bonchev–Trinajstić information content (AvgIpc) is 2.45. The lowest BCUT2D eigenvalue weighted by atomic mass is 10.0. The van der Waals surface area contributed by atoms with Gasteiger partial charge in [0.15, 0.2) is 0 Å². The number of ether oxygens (including phenoxy) is 1. The number of nitrogens with zero attached hydrogens (tertiary/aromatic N) is 3. The monoisotopic (exact) mass is 304 g/mol. The van der Waals surface area contributed by atoms with Gasteiger partial charge in [0.25, 0.3) is 0 Å². The molecule has 0 aliphatic rings. The lowest BCUT2D eigenvalue weighted by molar-refractivity contribution is 0.0500. The van der Waals surface area contributed by atoms with Gasteiger partial charge < -0.3 is 10.1 Å². The highest BCUT2D eigenvalue weighted by Crippen LogP contribution is 2.20. The van der Waals surface area contributed by atoms with Crippen LogP contribution in [0.4, 0.5) is 4.79 Å². The predicted octanol–water partition coefficient (Wildman–Crippen LogP) is 4.73. The molecule has 1 amide bonds. The van der Waals surface area contributed by atoms with Crippen molar-refractivity contribution in [3.8, 4) is 0 Å². The maximum atomic E-state index is 12.0. The number of hydrogen-bond acceptors (Lipinski definition) is 3. The van der Waals surface area contributed by atoms with Gasteiger partial charge in [0.1, 0.15) is 5.60 Å². The van der Waals surface area contributed by atoms with Gasteiger partial charge in [-0.15, -0.1) is 0 Å². The van der Waals surface area contributed by atoms with Crippen molar-refractivity contribution < 1.29 is 9.53 Å². The van der Waals surface area contributed by atoms with Crippen LogP contribution in [0.5, 0.6) is 0 Å². The molecular weight excluding hydrogens is 280 g/mol. The molecule has 0 fully saturated rings. The van der Waals surface area contributed by atoms with E-state index in [1.807, 2.05) is 51.1 Å². The SMILES string of the molecule is CC(C)(C)OC(=O)NC(CCCCN=[N+]=[N-])c1ccccc1. The minimum absolute atomic E-state index is 0.109. The van der Waals surface area contributed by atoms with E-state index in [0.717, 1.165) is 24.8 Å². The first-order chi connectivity index (χ1) is 10.4. The zero-order valence-corrected chi connectivity index (χ0v) is 13.5. The summed E-state index contributed by atoms with van der Waals surface area (Å²) in [5.74, 6) is 0. The molecule has 0 saturated carbocycles. The van der Waals surface area contributed by atoms with Crippen molar-refractivity contribution >= 4 is 6.09 Å². The maximum absolute atomic E-state index is 12.0. The Labute approximate surface area is 131 Å². The Hall–Kier alpha value is -2.20. The first-order valence-corrected chi connectivity index (χ1v) is 7.47. The second-order valence-corrected chi connectivity index (χ2v) is 6.06. The second-order valence-electron chi connectivity index (χ2n) is 6.06. The molecule has 0 bridgehead atoms. The summed E-state index contributed by atoms with van der Waals surface area (Å²) >= 11 is 0. The summed E-state index contributed by atoms with van der Waals surface area (Å²) in [7, 11) is 0. The van der Waals surface area contributed by atoms with Crippen molar-refractivity contribution in [2.75, 3.05) is 6.54 Å². The molecule has 1 N–H and O–H groups in total. The van der Waals surface area contributed by atoms with Crippen LogP contribution in [0.2, 0.25) is 0 Å². The number of benzene rings is 1. The molecule has 6 heteroatoms. The summed E-state index contributed by atoms with van der Waals surface area (Å²) in [5, 5.41) is 6.44. The maximum Gasteiger partial charge on any atom is 0.408 e. The molecule has 120 valence electrons. The number of azide groups is 1. The molecule has 1 aromatic carbocycles. The summed E-state index contributed by atoms with van der Waals surface area (Å²) < 4.78 is 5.32. The first-order valence-electron chi connectivity index (χ1n) is 7.47. The number of rotatable bonds is 7. The van der Waals surface area contributed by atoms with E-state index in [-0.39, 0.29) is 6.04 Å². The van der Waals surface area contributed by atoms with E-state index in [4.69, 9.17) is 10.3 Å². The van der Waals surface area contributed by atoms with Gasteiger partial charge in [-0.3, -0.25) is 0 Å². The number of carbonyl (C=O) groups excluding carboxylic acids is 1. The highest BCUT2D eigenvalue weighted by Gasteiger charge is 2.20. The Kier molecular flexibility index (Phi) is 7.26. The summed E-state index contributed by atoms with van der Waals surface area (Å²) in [4.78, 5) is 14.7. The molecule has 1 unspecified atom stereocenters. The van der Waals surface area contributed by atoms with Gasteiger partial charge in [-0.2, -0.15) is 0 Å². The highest BCUT2D eigenvalue weighted by molar-refractivity contribution is 5.68. The van der Waals surface area contributed by atoms with E-state index in [1.165, 1.54) is 0 Å². The Bertz CT molecular complexity index is 505. The number of amides is 1. The van der Waals surface area contributed by atoms with Crippen LogP contribution in [0.25, 0.3) is 10.4 Å². The largest absolute Gasteiger partial charge is 0.444 e. The molecule has 0 aliphatic heterocycles. The molecule has 0 spiro atoms. The van der Waals surface area contributed by atoms with Gasteiger partial charge in [-0.25, -0.2) is 4.79 Å². The molecule has 1 atom stereocenters. The van der Waals surface area contributed by atoms with Crippen LogP contribution in [-0.2, 0) is 4.74 Å². The van der Waals surface area contributed by atoms with Crippen LogP contribution in [0.1, 0.15) is 51.6 Å². The first kappa shape index (κ1) is 17.9. The van der Waals surface area contributed by atoms with Crippen LogP contribution in [-0.4, -0.2) is 18.2 Å². The molecule has 6 nitrogen and oxygen atoms in total. The molecule has 1 rings (SSSR count). The van der Waals surface area contributed by atoms with Gasteiger partial charge in [0.05, 0.1) is 6.04 Å². The minimum Gasteiger partial charge on any atom is -0.444 e. The number of nitrogens with one attached hydrogen (secondary N) is 1. The minimum atomic E-state index is -0.521. The quantitative estimate of drug-likeness (QED) is 0.341. The third-order valence-corrected chi connectivity index (χ3v) is 2.96. The third kappa shape index (κ3) is 7.55. The second kappa shape index (κ2) is 8.95. The summed E-state index contributed by atoms with van der Waals surface area (Å²) in [6.07, 6.45) is 2.00. The van der Waals surface area contributed by atoms with Crippen molar-refractivity contribution in [3.05, 3.63) is 46.3 Å². The van der Waals surface area contributed by atoms with Crippen LogP contribution in [0.15, 0.2) is 35.4 Å². The Morgan fingerprint density at radius 1 is 1.32 bits per heavy atom. The van der Waals surface area contributed by atoms with E-state index in [0.29, 0.717) is 6.54 Å². The van der Waals surface area contributed by atoms with Crippen LogP contribution >= 0.6 is 0 Å². The Morgan fingerprint density at radius 2 is 2.00 bits per heavy atom. The van der Waals surface area contributed by atoms with Crippen molar-refractivity contribution in [2.24, 2.45) is 5.11 Å². The lowest BCUT2D eigenvalue weighted by Crippen LogP contribution is -2.35. The van der Waals surface area contributed by atoms with Gasteiger partial charge in [-0.1, -0.05) is 41.9 Å². The highest BCUT2D eigenvalue weighted by atomic mass is 16.6. The zero-order chi connectivity index (χ0) is 16.4. The van der Waals surface area contributed by atoms with Gasteiger partial charge in [-0.05, 0) is 44.7 Å². The Balaban J connectivity index is 2.62. The molecule has 0 radical (unpaired) electrons. The molecule has 0 saturated heterocycles. The summed E-state index contributed by atoms with van der Waals surface area (Å²) in [6.45, 7) is 5.99. The fourth-order valence-electron chi connectivity index (χ4n) is 2.03.